The van der Waals surface area contributed by atoms with Crippen LogP contribution in [0.15, 0.2) is 4.99 Å². The number of nitrogens with one attached hydrogen (secondary N) is 1. The summed E-state index contributed by atoms with van der Waals surface area (Å²) in [5.74, 6) is 0.322. The van der Waals surface area contributed by atoms with Crippen molar-refractivity contribution >= 4 is 5.96 Å². The van der Waals surface area contributed by atoms with E-state index in [1.165, 1.54) is 7.11 Å². The SMILES string of the molecule is CONC(N)=NCC(C)(C)C. The molecule has 0 radical (unpaired) electrons. The van der Waals surface area contributed by atoms with Crippen LogP contribution in [-0.2, 0) is 4.84 Å². The maximum Gasteiger partial charge on any atom is 0.213 e. The standard InChI is InChI=1S/C7H17N3O/c1-7(2,3)5-9-6(8)10-11-4/h5H2,1-4H3,(H3,8,9,10). The van der Waals surface area contributed by atoms with E-state index in [0.717, 1.165) is 0 Å². The predicted molar refractivity (Wildman–Crippen MR) is 46.1 cm³/mol. The predicted octanol–water partition coefficient (Wildman–Crippen LogP) is 0.498. The summed E-state index contributed by atoms with van der Waals surface area (Å²) in [6.45, 7) is 6.97. The molecule has 0 saturated heterocycles. The summed E-state index contributed by atoms with van der Waals surface area (Å²) in [5.41, 5.74) is 8.02. The molecule has 0 unspecified atom stereocenters. The van der Waals surface area contributed by atoms with E-state index >= 15 is 0 Å². The molecule has 0 bridgehead atoms. The lowest BCUT2D eigenvalue weighted by Gasteiger charge is -2.14. The fraction of sp³-hybridized carbons (Fsp3) is 0.857. The minimum absolute atomic E-state index is 0.167. The number of hydrogen-bond acceptors (Lipinski definition) is 2. The van der Waals surface area contributed by atoms with Gasteiger partial charge < -0.3 is 5.73 Å². The summed E-state index contributed by atoms with van der Waals surface area (Å²) in [7, 11) is 1.50. The zero-order valence-corrected chi connectivity index (χ0v) is 7.64. The van der Waals surface area contributed by atoms with Gasteiger partial charge >= 0.3 is 0 Å². The van der Waals surface area contributed by atoms with Crippen molar-refractivity contribution in [3.63, 3.8) is 0 Å². The van der Waals surface area contributed by atoms with Gasteiger partial charge in [-0.15, -0.1) is 0 Å². The third kappa shape index (κ3) is 7.12. The molecule has 11 heavy (non-hydrogen) atoms. The quantitative estimate of drug-likeness (QED) is 0.350. The van der Waals surface area contributed by atoms with Crippen molar-refractivity contribution in [2.24, 2.45) is 16.1 Å². The third-order valence-electron chi connectivity index (χ3n) is 0.930. The monoisotopic (exact) mass is 159 g/mol. The second-order valence-corrected chi connectivity index (χ2v) is 3.57. The van der Waals surface area contributed by atoms with Crippen LogP contribution in [0, 0.1) is 5.41 Å². The zero-order chi connectivity index (χ0) is 8.91. The molecule has 0 aliphatic heterocycles. The van der Waals surface area contributed by atoms with Gasteiger partial charge in [-0.2, -0.15) is 0 Å². The Labute approximate surface area is 67.8 Å². The van der Waals surface area contributed by atoms with Gasteiger partial charge in [0.25, 0.3) is 0 Å². The number of hydroxylamine groups is 1. The van der Waals surface area contributed by atoms with Crippen molar-refractivity contribution in [1.29, 1.82) is 0 Å². The largest absolute Gasteiger partial charge is 0.368 e. The van der Waals surface area contributed by atoms with Crippen molar-refractivity contribution in [3.8, 4) is 0 Å². The maximum atomic E-state index is 5.41. The summed E-state index contributed by atoms with van der Waals surface area (Å²) in [6, 6.07) is 0. The van der Waals surface area contributed by atoms with Crippen LogP contribution < -0.4 is 11.2 Å². The van der Waals surface area contributed by atoms with Gasteiger partial charge in [-0.1, -0.05) is 20.8 Å². The van der Waals surface area contributed by atoms with E-state index in [1.807, 2.05) is 0 Å². The van der Waals surface area contributed by atoms with Crippen LogP contribution in [0.1, 0.15) is 20.8 Å². The van der Waals surface area contributed by atoms with Crippen LogP contribution >= 0.6 is 0 Å². The smallest absolute Gasteiger partial charge is 0.213 e. The Bertz CT molecular complexity index is 137. The first kappa shape index (κ1) is 10.2. The number of aliphatic imine (C=N–C) groups is 1. The molecule has 4 heteroatoms. The first-order valence-electron chi connectivity index (χ1n) is 3.54. The molecule has 0 rings (SSSR count). The lowest BCUT2D eigenvalue weighted by Crippen LogP contribution is -2.31. The molecule has 0 aromatic heterocycles. The molecule has 0 aliphatic carbocycles. The Morgan fingerprint density at radius 1 is 1.55 bits per heavy atom. The molecule has 4 nitrogen and oxygen atoms in total. The van der Waals surface area contributed by atoms with Crippen molar-refractivity contribution in [2.45, 2.75) is 20.8 Å². The molecule has 0 aromatic rings. The lowest BCUT2D eigenvalue weighted by molar-refractivity contribution is 0.143. The fourth-order valence-corrected chi connectivity index (χ4v) is 0.459. The minimum atomic E-state index is 0.167. The topological polar surface area (TPSA) is 59.6 Å². The van der Waals surface area contributed by atoms with Gasteiger partial charge in [0.2, 0.25) is 5.96 Å². The molecular weight excluding hydrogens is 142 g/mol. The van der Waals surface area contributed by atoms with Gasteiger partial charge in [-0.3, -0.25) is 9.83 Å². The second-order valence-electron chi connectivity index (χ2n) is 3.57. The third-order valence-corrected chi connectivity index (χ3v) is 0.930. The maximum absolute atomic E-state index is 5.41. The summed E-state index contributed by atoms with van der Waals surface area (Å²) >= 11 is 0. The molecular formula is C7H17N3O. The molecule has 3 N–H and O–H groups in total. The van der Waals surface area contributed by atoms with Crippen LogP contribution in [0.5, 0.6) is 0 Å². The van der Waals surface area contributed by atoms with Crippen LogP contribution in [0.3, 0.4) is 0 Å². The average Bonchev–Trinajstić information content (AvgIpc) is 1.83. The van der Waals surface area contributed by atoms with Gasteiger partial charge in [-0.25, -0.2) is 5.48 Å². The van der Waals surface area contributed by atoms with Gasteiger partial charge in [0.15, 0.2) is 0 Å². The lowest BCUT2D eigenvalue weighted by atomic mass is 9.97. The van der Waals surface area contributed by atoms with Crippen molar-refractivity contribution in [2.75, 3.05) is 13.7 Å². The van der Waals surface area contributed by atoms with Crippen LogP contribution in [0.4, 0.5) is 0 Å². The average molecular weight is 159 g/mol. The highest BCUT2D eigenvalue weighted by Gasteiger charge is 2.08. The Hall–Kier alpha value is -0.770. The summed E-state index contributed by atoms with van der Waals surface area (Å²) in [4.78, 5) is 8.61. The molecule has 0 atom stereocenters. The zero-order valence-electron chi connectivity index (χ0n) is 7.64. The van der Waals surface area contributed by atoms with E-state index < -0.39 is 0 Å². The molecule has 0 spiro atoms. The van der Waals surface area contributed by atoms with Gasteiger partial charge in [0, 0.05) is 6.54 Å². The van der Waals surface area contributed by atoms with E-state index in [0.29, 0.717) is 12.5 Å². The molecule has 0 aliphatic rings. The first-order valence-corrected chi connectivity index (χ1v) is 3.54. The molecule has 0 amide bonds. The highest BCUT2D eigenvalue weighted by Crippen LogP contribution is 2.12. The number of guanidine groups is 1. The van der Waals surface area contributed by atoms with E-state index in [4.69, 9.17) is 5.73 Å². The van der Waals surface area contributed by atoms with Crippen molar-refractivity contribution in [1.82, 2.24) is 5.48 Å². The normalized spacial score (nSPS) is 13.3. The molecule has 66 valence electrons. The minimum Gasteiger partial charge on any atom is -0.368 e. The van der Waals surface area contributed by atoms with E-state index in [2.05, 4.69) is 36.1 Å². The van der Waals surface area contributed by atoms with Crippen molar-refractivity contribution < 1.29 is 4.84 Å². The summed E-state index contributed by atoms with van der Waals surface area (Å²) in [6.07, 6.45) is 0. The highest BCUT2D eigenvalue weighted by molar-refractivity contribution is 5.76. The molecule has 0 aromatic carbocycles. The first-order chi connectivity index (χ1) is 4.95. The highest BCUT2D eigenvalue weighted by atomic mass is 16.6. The van der Waals surface area contributed by atoms with Crippen molar-refractivity contribution in [3.05, 3.63) is 0 Å². The fourth-order valence-electron chi connectivity index (χ4n) is 0.459. The van der Waals surface area contributed by atoms with Gasteiger partial charge in [-0.05, 0) is 5.41 Å². The Kier molecular flexibility index (Phi) is 3.89. The number of nitrogens with zero attached hydrogens (tertiary/aromatic N) is 1. The number of rotatable bonds is 2. The van der Waals surface area contributed by atoms with E-state index in [9.17, 15) is 0 Å². The van der Waals surface area contributed by atoms with Crippen LogP contribution in [0.25, 0.3) is 0 Å². The second kappa shape index (κ2) is 4.18. The van der Waals surface area contributed by atoms with Crippen LogP contribution in [0.2, 0.25) is 0 Å². The van der Waals surface area contributed by atoms with Gasteiger partial charge in [0.05, 0.1) is 7.11 Å². The molecule has 0 saturated carbocycles. The van der Waals surface area contributed by atoms with Gasteiger partial charge in [0.1, 0.15) is 0 Å². The van der Waals surface area contributed by atoms with E-state index in [1.54, 1.807) is 0 Å². The number of hydrogen-bond donors (Lipinski definition) is 2. The summed E-state index contributed by atoms with van der Waals surface area (Å²) < 4.78 is 0. The van der Waals surface area contributed by atoms with E-state index in [-0.39, 0.29) is 5.41 Å². The Morgan fingerprint density at radius 2 is 2.09 bits per heavy atom. The molecule has 0 fully saturated rings. The molecule has 0 heterocycles. The Morgan fingerprint density at radius 3 is 2.45 bits per heavy atom. The van der Waals surface area contributed by atoms with Crippen LogP contribution in [-0.4, -0.2) is 19.6 Å². The number of nitrogens with two attached hydrogens (primary N) is 1. The summed E-state index contributed by atoms with van der Waals surface area (Å²) in [5, 5.41) is 0. The Balaban J connectivity index is 3.73.